The second-order valence-electron chi connectivity index (χ2n) is 18.1. The zero-order valence-corrected chi connectivity index (χ0v) is 37.1. The topological polar surface area (TPSA) is 6.48 Å². The monoisotopic (exact) mass is 844 g/mol. The van der Waals surface area contributed by atoms with E-state index in [-0.39, 0.29) is 5.41 Å². The summed E-state index contributed by atoms with van der Waals surface area (Å²) in [4.78, 5) is 4.86. The Morgan fingerprint density at radius 3 is 1.41 bits per heavy atom. The van der Waals surface area contributed by atoms with Crippen LogP contribution in [0.5, 0.6) is 0 Å². The molecule has 0 aromatic heterocycles. The summed E-state index contributed by atoms with van der Waals surface area (Å²) in [5.74, 6) is 0. The van der Waals surface area contributed by atoms with E-state index in [1.54, 1.807) is 0 Å². The normalized spacial score (nSPS) is 13.8. The summed E-state index contributed by atoms with van der Waals surface area (Å²) < 4.78 is 0. The van der Waals surface area contributed by atoms with Gasteiger partial charge in [-0.3, -0.25) is 0 Å². The van der Waals surface area contributed by atoms with Crippen LogP contribution < -0.4 is 9.80 Å². The first-order valence-corrected chi connectivity index (χ1v) is 23.0. The molecule has 2 aliphatic rings. The van der Waals surface area contributed by atoms with Crippen LogP contribution in [0.2, 0.25) is 0 Å². The Labute approximate surface area is 388 Å². The third kappa shape index (κ3) is 6.25. The van der Waals surface area contributed by atoms with Gasteiger partial charge in [-0.1, -0.05) is 208 Å². The standard InChI is InChI=1S/C64H48N2/c1-63(2)58-29-17-18-30-61(58)66(51-25-13-6-14-26-51)62-43-48(35-42-59(62)63)47-33-38-53(39-34-47)65(52-36-31-46(32-37-52)45-19-7-3-8-20-45)54-40-41-56-55-27-15-16-28-57(55)64(60(56)44-54,49-21-9-4-10-22-49)50-23-11-5-12-24-50/h3-44H,1-2H3. The second-order valence-corrected chi connectivity index (χ2v) is 18.1. The first-order valence-electron chi connectivity index (χ1n) is 23.0. The van der Waals surface area contributed by atoms with Crippen molar-refractivity contribution >= 4 is 34.1 Å². The molecule has 0 amide bonds. The molecule has 1 aliphatic heterocycles. The molecule has 314 valence electrons. The van der Waals surface area contributed by atoms with Crippen molar-refractivity contribution in [3.05, 3.63) is 288 Å². The van der Waals surface area contributed by atoms with Gasteiger partial charge in [0.1, 0.15) is 0 Å². The van der Waals surface area contributed by atoms with Gasteiger partial charge in [0.15, 0.2) is 0 Å². The van der Waals surface area contributed by atoms with Gasteiger partial charge in [-0.25, -0.2) is 0 Å². The third-order valence-corrected chi connectivity index (χ3v) is 14.1. The fourth-order valence-corrected chi connectivity index (χ4v) is 11.0. The molecule has 1 aliphatic carbocycles. The average Bonchev–Trinajstić information content (AvgIpc) is 3.68. The molecule has 0 unspecified atom stereocenters. The molecule has 2 nitrogen and oxygen atoms in total. The highest BCUT2D eigenvalue weighted by molar-refractivity contribution is 5.91. The second kappa shape index (κ2) is 15.8. The van der Waals surface area contributed by atoms with Gasteiger partial charge in [-0.15, -0.1) is 0 Å². The first kappa shape index (κ1) is 39.4. The smallest absolute Gasteiger partial charge is 0.0714 e. The van der Waals surface area contributed by atoms with Gasteiger partial charge in [0.25, 0.3) is 0 Å². The highest BCUT2D eigenvalue weighted by Gasteiger charge is 2.46. The van der Waals surface area contributed by atoms with E-state index < -0.39 is 5.41 Å². The van der Waals surface area contributed by atoms with E-state index in [2.05, 4.69) is 278 Å². The highest BCUT2D eigenvalue weighted by atomic mass is 15.2. The maximum atomic E-state index is 2.45. The molecule has 10 aromatic carbocycles. The van der Waals surface area contributed by atoms with Gasteiger partial charge >= 0.3 is 0 Å². The van der Waals surface area contributed by atoms with Crippen molar-refractivity contribution in [2.24, 2.45) is 0 Å². The molecule has 0 N–H and O–H groups in total. The molecule has 0 saturated carbocycles. The number of fused-ring (bicyclic) bond motifs is 5. The number of para-hydroxylation sites is 2. The van der Waals surface area contributed by atoms with E-state index in [9.17, 15) is 0 Å². The lowest BCUT2D eigenvalue weighted by Gasteiger charge is -2.42. The highest BCUT2D eigenvalue weighted by Crippen LogP contribution is 2.58. The number of rotatable bonds is 8. The maximum Gasteiger partial charge on any atom is 0.0714 e. The van der Waals surface area contributed by atoms with Crippen LogP contribution in [0.25, 0.3) is 33.4 Å². The van der Waals surface area contributed by atoms with E-state index in [1.165, 1.54) is 78.1 Å². The Kier molecular flexibility index (Phi) is 9.43. The molecule has 1 heterocycles. The van der Waals surface area contributed by atoms with E-state index in [0.717, 1.165) is 22.7 Å². The molecular formula is C64H48N2. The van der Waals surface area contributed by atoms with Crippen molar-refractivity contribution in [1.29, 1.82) is 0 Å². The number of hydrogen-bond acceptors (Lipinski definition) is 2. The zero-order chi connectivity index (χ0) is 44.2. The molecule has 0 fully saturated rings. The average molecular weight is 845 g/mol. The fraction of sp³-hybridized carbons (Fsp3) is 0.0625. The summed E-state index contributed by atoms with van der Waals surface area (Å²) in [5, 5.41) is 0. The summed E-state index contributed by atoms with van der Waals surface area (Å²) >= 11 is 0. The molecule has 10 aromatic rings. The minimum Gasteiger partial charge on any atom is -0.310 e. The van der Waals surface area contributed by atoms with Crippen molar-refractivity contribution in [3.8, 4) is 33.4 Å². The van der Waals surface area contributed by atoms with Crippen molar-refractivity contribution < 1.29 is 0 Å². The largest absolute Gasteiger partial charge is 0.310 e. The predicted octanol–water partition coefficient (Wildman–Crippen LogP) is 17.0. The van der Waals surface area contributed by atoms with Crippen LogP contribution in [0.1, 0.15) is 47.2 Å². The lowest BCUT2D eigenvalue weighted by Crippen LogP contribution is -2.30. The molecular weight excluding hydrogens is 797 g/mol. The third-order valence-electron chi connectivity index (χ3n) is 14.1. The van der Waals surface area contributed by atoms with Crippen LogP contribution in [-0.2, 0) is 10.8 Å². The Balaban J connectivity index is 1.01. The van der Waals surface area contributed by atoms with Gasteiger partial charge in [-0.05, 0) is 127 Å². The number of benzene rings is 10. The molecule has 66 heavy (non-hydrogen) atoms. The first-order chi connectivity index (χ1) is 32.5. The van der Waals surface area contributed by atoms with Crippen LogP contribution in [0.3, 0.4) is 0 Å². The SMILES string of the molecule is CC1(C)c2ccccc2N(c2ccccc2)c2cc(-c3ccc(N(c4ccc(-c5ccccc5)cc4)c4ccc5c(c4)C(c4ccccc4)(c4ccccc4)c4ccccc4-5)cc3)ccc21. The number of anilines is 6. The maximum absolute atomic E-state index is 2.45. The Bertz CT molecular complexity index is 3320. The van der Waals surface area contributed by atoms with Crippen molar-refractivity contribution in [2.45, 2.75) is 24.7 Å². The molecule has 0 saturated heterocycles. The van der Waals surface area contributed by atoms with Crippen LogP contribution in [0.15, 0.2) is 255 Å². The van der Waals surface area contributed by atoms with E-state index in [4.69, 9.17) is 0 Å². The molecule has 2 heteroatoms. The zero-order valence-electron chi connectivity index (χ0n) is 37.1. The van der Waals surface area contributed by atoms with Crippen molar-refractivity contribution in [3.63, 3.8) is 0 Å². The van der Waals surface area contributed by atoms with Gasteiger partial charge in [0, 0.05) is 28.2 Å². The summed E-state index contributed by atoms with van der Waals surface area (Å²) in [5.41, 5.74) is 21.2. The van der Waals surface area contributed by atoms with Crippen LogP contribution >= 0.6 is 0 Å². The lowest BCUT2D eigenvalue weighted by molar-refractivity contribution is 0.632. The van der Waals surface area contributed by atoms with Crippen LogP contribution in [0, 0.1) is 0 Å². The summed E-state index contributed by atoms with van der Waals surface area (Å²) in [7, 11) is 0. The van der Waals surface area contributed by atoms with E-state index >= 15 is 0 Å². The van der Waals surface area contributed by atoms with Crippen molar-refractivity contribution in [1.82, 2.24) is 0 Å². The Hall–Kier alpha value is -8.20. The van der Waals surface area contributed by atoms with Gasteiger partial charge in [0.2, 0.25) is 0 Å². The predicted molar refractivity (Wildman–Crippen MR) is 276 cm³/mol. The van der Waals surface area contributed by atoms with Crippen LogP contribution in [-0.4, -0.2) is 0 Å². The van der Waals surface area contributed by atoms with Gasteiger partial charge in [0.05, 0.1) is 16.8 Å². The van der Waals surface area contributed by atoms with Gasteiger partial charge < -0.3 is 9.80 Å². The Morgan fingerprint density at radius 1 is 0.318 bits per heavy atom. The molecule has 12 rings (SSSR count). The number of hydrogen-bond donors (Lipinski definition) is 0. The minimum atomic E-state index is -0.508. The van der Waals surface area contributed by atoms with Crippen molar-refractivity contribution in [2.75, 3.05) is 9.80 Å². The summed E-state index contributed by atoms with van der Waals surface area (Å²) in [6.07, 6.45) is 0. The van der Waals surface area contributed by atoms with E-state index in [1.807, 2.05) is 0 Å². The minimum absolute atomic E-state index is 0.161. The summed E-state index contributed by atoms with van der Waals surface area (Å²) in [6, 6.07) is 93.7. The summed E-state index contributed by atoms with van der Waals surface area (Å²) in [6.45, 7) is 4.70. The Morgan fingerprint density at radius 2 is 0.773 bits per heavy atom. The quantitative estimate of drug-likeness (QED) is 0.150. The molecule has 0 radical (unpaired) electrons. The molecule has 0 spiro atoms. The lowest BCUT2D eigenvalue weighted by atomic mass is 9.67. The number of nitrogens with zero attached hydrogens (tertiary/aromatic N) is 2. The molecule has 0 atom stereocenters. The molecule has 0 bridgehead atoms. The van der Waals surface area contributed by atoms with E-state index in [0.29, 0.717) is 0 Å². The van der Waals surface area contributed by atoms with Gasteiger partial charge in [-0.2, -0.15) is 0 Å². The fourth-order valence-electron chi connectivity index (χ4n) is 11.0. The van der Waals surface area contributed by atoms with Crippen LogP contribution in [0.4, 0.5) is 34.1 Å².